The van der Waals surface area contributed by atoms with Gasteiger partial charge in [-0.25, -0.2) is 9.97 Å². The van der Waals surface area contributed by atoms with E-state index in [9.17, 15) is 0 Å². The van der Waals surface area contributed by atoms with Crippen LogP contribution in [0, 0.1) is 0 Å². The van der Waals surface area contributed by atoms with Gasteiger partial charge in [0.2, 0.25) is 0 Å². The molecule has 0 bridgehead atoms. The summed E-state index contributed by atoms with van der Waals surface area (Å²) in [5.41, 5.74) is 2.37. The number of nitrogens with zero attached hydrogens (tertiary/aromatic N) is 2. The van der Waals surface area contributed by atoms with Gasteiger partial charge in [-0.1, -0.05) is 53.0 Å². The lowest BCUT2D eigenvalue weighted by Crippen LogP contribution is -1.99. The minimum atomic E-state index is 0.501. The third-order valence-electron chi connectivity index (χ3n) is 3.86. The molecular formula is C20H12Cl3N3. The first-order valence-corrected chi connectivity index (χ1v) is 8.98. The summed E-state index contributed by atoms with van der Waals surface area (Å²) >= 11 is 18.4. The van der Waals surface area contributed by atoms with E-state index in [2.05, 4.69) is 10.3 Å². The Hall–Kier alpha value is -2.33. The van der Waals surface area contributed by atoms with E-state index in [1.807, 2.05) is 54.6 Å². The molecule has 3 nitrogen and oxygen atoms in total. The Morgan fingerprint density at radius 1 is 0.731 bits per heavy atom. The Labute approximate surface area is 165 Å². The number of hydrogen-bond acceptors (Lipinski definition) is 3. The molecule has 0 saturated heterocycles. The molecule has 0 aliphatic carbocycles. The number of hydrogen-bond donors (Lipinski definition) is 1. The van der Waals surface area contributed by atoms with E-state index in [0.717, 1.165) is 22.2 Å². The highest BCUT2D eigenvalue weighted by Gasteiger charge is 2.12. The molecule has 0 saturated carbocycles. The number of para-hydroxylation sites is 1. The van der Waals surface area contributed by atoms with E-state index in [0.29, 0.717) is 26.7 Å². The average molecular weight is 401 g/mol. The minimum Gasteiger partial charge on any atom is -0.340 e. The van der Waals surface area contributed by atoms with Crippen LogP contribution in [-0.2, 0) is 0 Å². The maximum Gasteiger partial charge on any atom is 0.163 e. The van der Waals surface area contributed by atoms with Crippen molar-refractivity contribution in [2.24, 2.45) is 0 Å². The fraction of sp³-hybridized carbons (Fsp3) is 0. The van der Waals surface area contributed by atoms with Crippen LogP contribution >= 0.6 is 34.8 Å². The molecule has 0 aliphatic rings. The van der Waals surface area contributed by atoms with Crippen molar-refractivity contribution in [3.8, 4) is 11.4 Å². The van der Waals surface area contributed by atoms with Gasteiger partial charge in [0.15, 0.2) is 5.82 Å². The van der Waals surface area contributed by atoms with E-state index >= 15 is 0 Å². The maximum atomic E-state index is 6.35. The van der Waals surface area contributed by atoms with Crippen LogP contribution in [-0.4, -0.2) is 9.97 Å². The van der Waals surface area contributed by atoms with Gasteiger partial charge in [-0.05, 0) is 48.5 Å². The lowest BCUT2D eigenvalue weighted by molar-refractivity contribution is 1.22. The number of anilines is 2. The molecule has 0 radical (unpaired) electrons. The van der Waals surface area contributed by atoms with Crippen molar-refractivity contribution in [3.05, 3.63) is 81.8 Å². The van der Waals surface area contributed by atoms with Crippen molar-refractivity contribution < 1.29 is 0 Å². The van der Waals surface area contributed by atoms with Gasteiger partial charge in [0.05, 0.1) is 10.5 Å². The summed E-state index contributed by atoms with van der Waals surface area (Å²) in [7, 11) is 0. The molecule has 0 fully saturated rings. The van der Waals surface area contributed by atoms with Gasteiger partial charge in [0.25, 0.3) is 0 Å². The minimum absolute atomic E-state index is 0.501. The first-order valence-electron chi connectivity index (χ1n) is 7.85. The molecular weight excluding hydrogens is 389 g/mol. The normalized spacial score (nSPS) is 10.9. The largest absolute Gasteiger partial charge is 0.340 e. The van der Waals surface area contributed by atoms with E-state index in [-0.39, 0.29) is 0 Å². The molecule has 0 aliphatic heterocycles. The molecule has 6 heteroatoms. The van der Waals surface area contributed by atoms with Crippen LogP contribution in [0.15, 0.2) is 66.7 Å². The molecule has 26 heavy (non-hydrogen) atoms. The first kappa shape index (κ1) is 17.1. The molecule has 4 aromatic rings. The lowest BCUT2D eigenvalue weighted by atomic mass is 10.1. The zero-order chi connectivity index (χ0) is 18.1. The average Bonchev–Trinajstić information content (AvgIpc) is 2.61. The number of halogens is 3. The quantitative estimate of drug-likeness (QED) is 0.402. The van der Waals surface area contributed by atoms with E-state index in [4.69, 9.17) is 39.8 Å². The third-order valence-corrected chi connectivity index (χ3v) is 4.65. The third kappa shape index (κ3) is 3.47. The smallest absolute Gasteiger partial charge is 0.163 e. The van der Waals surface area contributed by atoms with Crippen LogP contribution in [0.3, 0.4) is 0 Å². The zero-order valence-electron chi connectivity index (χ0n) is 13.4. The molecule has 0 atom stereocenters. The van der Waals surface area contributed by atoms with Crippen LogP contribution in [0.2, 0.25) is 15.1 Å². The van der Waals surface area contributed by atoms with Crippen LogP contribution in [0.4, 0.5) is 11.5 Å². The predicted molar refractivity (Wildman–Crippen MR) is 110 cm³/mol. The van der Waals surface area contributed by atoms with Crippen LogP contribution in [0.5, 0.6) is 0 Å². The Morgan fingerprint density at radius 3 is 2.35 bits per heavy atom. The Balaban J connectivity index is 1.88. The summed E-state index contributed by atoms with van der Waals surface area (Å²) in [6, 6.07) is 20.5. The van der Waals surface area contributed by atoms with Gasteiger partial charge >= 0.3 is 0 Å². The standard InChI is InChI=1S/C20H12Cl3N3/c21-12-4-3-5-14(10-12)24-20-16-6-1-2-7-18(16)25-19(26-20)15-9-8-13(22)11-17(15)23/h1-11H,(H,24,25,26). The Bertz CT molecular complexity index is 1110. The fourth-order valence-corrected chi connectivity index (χ4v) is 3.35. The van der Waals surface area contributed by atoms with Crippen molar-refractivity contribution in [1.29, 1.82) is 0 Å². The second-order valence-corrected chi connectivity index (χ2v) is 6.95. The fourth-order valence-electron chi connectivity index (χ4n) is 2.67. The second kappa shape index (κ2) is 7.12. The first-order chi connectivity index (χ1) is 12.6. The van der Waals surface area contributed by atoms with Crippen molar-refractivity contribution in [3.63, 3.8) is 0 Å². The van der Waals surface area contributed by atoms with Crippen LogP contribution in [0.25, 0.3) is 22.3 Å². The summed E-state index contributed by atoms with van der Waals surface area (Å²) in [5.74, 6) is 1.20. The van der Waals surface area contributed by atoms with Gasteiger partial charge in [-0.3, -0.25) is 0 Å². The maximum absolute atomic E-state index is 6.35. The zero-order valence-corrected chi connectivity index (χ0v) is 15.6. The topological polar surface area (TPSA) is 37.8 Å². The highest BCUT2D eigenvalue weighted by molar-refractivity contribution is 6.36. The molecule has 1 heterocycles. The number of fused-ring (bicyclic) bond motifs is 1. The SMILES string of the molecule is Clc1cccc(Nc2nc(-c3ccc(Cl)cc3Cl)nc3ccccc23)c1. The van der Waals surface area contributed by atoms with Crippen molar-refractivity contribution in [2.45, 2.75) is 0 Å². The molecule has 4 rings (SSSR count). The highest BCUT2D eigenvalue weighted by atomic mass is 35.5. The number of rotatable bonds is 3. The van der Waals surface area contributed by atoms with Gasteiger partial charge in [0.1, 0.15) is 5.82 Å². The van der Waals surface area contributed by atoms with Gasteiger partial charge < -0.3 is 5.32 Å². The number of aromatic nitrogens is 2. The van der Waals surface area contributed by atoms with Gasteiger partial charge in [0, 0.05) is 26.7 Å². The summed E-state index contributed by atoms with van der Waals surface area (Å²) in [4.78, 5) is 9.34. The molecule has 1 aromatic heterocycles. The number of benzene rings is 3. The van der Waals surface area contributed by atoms with E-state index in [1.54, 1.807) is 12.1 Å². The van der Waals surface area contributed by atoms with Crippen molar-refractivity contribution >= 4 is 57.2 Å². The van der Waals surface area contributed by atoms with Crippen molar-refractivity contribution in [1.82, 2.24) is 9.97 Å². The summed E-state index contributed by atoms with van der Waals surface area (Å²) in [5, 5.41) is 5.94. The van der Waals surface area contributed by atoms with E-state index in [1.165, 1.54) is 0 Å². The summed E-state index contributed by atoms with van der Waals surface area (Å²) < 4.78 is 0. The second-order valence-electron chi connectivity index (χ2n) is 5.67. The Kier molecular flexibility index (Phi) is 4.68. The molecule has 128 valence electrons. The van der Waals surface area contributed by atoms with Crippen molar-refractivity contribution in [2.75, 3.05) is 5.32 Å². The molecule has 0 unspecified atom stereocenters. The van der Waals surface area contributed by atoms with E-state index < -0.39 is 0 Å². The summed E-state index contributed by atoms with van der Waals surface area (Å²) in [6.45, 7) is 0. The van der Waals surface area contributed by atoms with Gasteiger partial charge in [-0.15, -0.1) is 0 Å². The van der Waals surface area contributed by atoms with Gasteiger partial charge in [-0.2, -0.15) is 0 Å². The van der Waals surface area contributed by atoms with Crippen LogP contribution in [0.1, 0.15) is 0 Å². The highest BCUT2D eigenvalue weighted by Crippen LogP contribution is 2.32. The molecule has 0 amide bonds. The lowest BCUT2D eigenvalue weighted by Gasteiger charge is -2.12. The Morgan fingerprint density at radius 2 is 1.54 bits per heavy atom. The number of nitrogens with one attached hydrogen (secondary N) is 1. The molecule has 3 aromatic carbocycles. The van der Waals surface area contributed by atoms with Crippen LogP contribution < -0.4 is 5.32 Å². The molecule has 1 N–H and O–H groups in total. The predicted octanol–water partition coefficient (Wildman–Crippen LogP) is 7.00. The summed E-state index contributed by atoms with van der Waals surface area (Å²) in [6.07, 6.45) is 0. The monoisotopic (exact) mass is 399 g/mol. The molecule has 0 spiro atoms.